The van der Waals surface area contributed by atoms with Gasteiger partial charge in [0.05, 0.1) is 12.1 Å². The van der Waals surface area contributed by atoms with Crippen molar-refractivity contribution < 1.29 is 23.2 Å². The van der Waals surface area contributed by atoms with Crippen molar-refractivity contribution in [3.05, 3.63) is 58.2 Å². The molecule has 0 spiro atoms. The lowest BCUT2D eigenvalue weighted by Gasteiger charge is -2.08. The first-order valence-corrected chi connectivity index (χ1v) is 8.26. The van der Waals surface area contributed by atoms with Crippen LogP contribution in [0, 0.1) is 25.3 Å². The fraction of sp³-hybridized carbons (Fsp3) is 0.263. The normalized spacial score (nSPS) is 10.5. The monoisotopic (exact) mass is 388 g/mol. The fourth-order valence-electron chi connectivity index (χ4n) is 2.68. The summed E-state index contributed by atoms with van der Waals surface area (Å²) in [6.07, 6.45) is 0. The molecule has 28 heavy (non-hydrogen) atoms. The molecule has 146 valence electrons. The molecule has 0 atom stereocenters. The van der Waals surface area contributed by atoms with Gasteiger partial charge in [-0.05, 0) is 44.5 Å². The second kappa shape index (κ2) is 8.00. The van der Waals surface area contributed by atoms with Crippen LogP contribution in [-0.4, -0.2) is 28.2 Å². The molecule has 0 unspecified atom stereocenters. The Hall–Kier alpha value is -3.54. The van der Waals surface area contributed by atoms with Crippen LogP contribution in [0.25, 0.3) is 4.85 Å². The number of anilines is 1. The van der Waals surface area contributed by atoms with Crippen LogP contribution in [-0.2, 0) is 11.8 Å². The molecular weight excluding hydrogens is 370 g/mol. The van der Waals surface area contributed by atoms with Crippen molar-refractivity contribution in [1.82, 2.24) is 9.88 Å². The van der Waals surface area contributed by atoms with E-state index in [9.17, 15) is 23.2 Å². The zero-order valence-electron chi connectivity index (χ0n) is 15.7. The quantitative estimate of drug-likeness (QED) is 0.469. The van der Waals surface area contributed by atoms with Gasteiger partial charge >= 0.3 is 0 Å². The van der Waals surface area contributed by atoms with Gasteiger partial charge in [-0.25, -0.2) is 9.24 Å². The predicted molar refractivity (Wildman–Crippen MR) is 98.3 cm³/mol. The SMILES string of the molecule is [C-]#[N+]c1cc(NC(=O)c2c(C)c(C(=O)C(=O)NC(C)C)n(C)c2F)ccc1F. The standard InChI is InChI=1S/C19H18F2N4O3/c1-9(2)23-19(28)16(26)15-10(3)14(17(21)25(15)5)18(27)24-11-6-7-12(20)13(8-11)22-4/h6-9H,1-3,5H3,(H,23,28)(H,24,27). The largest absolute Gasteiger partial charge is 0.347 e. The lowest BCUT2D eigenvalue weighted by atomic mass is 10.1. The molecule has 2 rings (SSSR count). The highest BCUT2D eigenvalue weighted by Gasteiger charge is 2.30. The minimum Gasteiger partial charge on any atom is -0.347 e. The van der Waals surface area contributed by atoms with Crippen LogP contribution < -0.4 is 10.6 Å². The first kappa shape index (κ1) is 20.8. The number of nitrogens with one attached hydrogen (secondary N) is 2. The number of hydrogen-bond acceptors (Lipinski definition) is 3. The second-order valence-corrected chi connectivity index (χ2v) is 6.39. The number of Topliss-reactive ketones (excluding diaryl/α,β-unsaturated/α-hetero) is 1. The van der Waals surface area contributed by atoms with E-state index in [1.807, 2.05) is 0 Å². The lowest BCUT2D eigenvalue weighted by molar-refractivity contribution is -0.117. The highest BCUT2D eigenvalue weighted by molar-refractivity contribution is 6.43. The maximum atomic E-state index is 14.6. The third-order valence-electron chi connectivity index (χ3n) is 3.96. The van der Waals surface area contributed by atoms with Gasteiger partial charge in [-0.15, -0.1) is 0 Å². The molecule has 1 aromatic heterocycles. The third kappa shape index (κ3) is 3.91. The maximum Gasteiger partial charge on any atom is 0.294 e. The minimum atomic E-state index is -0.997. The molecule has 2 aromatic rings. The molecule has 1 heterocycles. The van der Waals surface area contributed by atoms with E-state index in [4.69, 9.17) is 6.57 Å². The van der Waals surface area contributed by atoms with Crippen LogP contribution in [0.3, 0.4) is 0 Å². The molecule has 0 fully saturated rings. The molecule has 0 aliphatic carbocycles. The molecule has 2 N–H and O–H groups in total. The van der Waals surface area contributed by atoms with E-state index in [-0.39, 0.29) is 28.7 Å². The summed E-state index contributed by atoms with van der Waals surface area (Å²) in [5.74, 6) is -4.52. The summed E-state index contributed by atoms with van der Waals surface area (Å²) < 4.78 is 28.9. The van der Waals surface area contributed by atoms with Crippen molar-refractivity contribution in [3.8, 4) is 0 Å². The zero-order chi connectivity index (χ0) is 21.2. The molecular formula is C19H18F2N4O3. The molecule has 0 aliphatic heterocycles. The lowest BCUT2D eigenvalue weighted by Crippen LogP contribution is -2.37. The van der Waals surface area contributed by atoms with Gasteiger partial charge in [0, 0.05) is 18.8 Å². The minimum absolute atomic E-state index is 0.00563. The first-order valence-electron chi connectivity index (χ1n) is 8.26. The molecule has 9 heteroatoms. The van der Waals surface area contributed by atoms with Gasteiger partial charge in [0.2, 0.25) is 11.6 Å². The van der Waals surface area contributed by atoms with Crippen LogP contribution in [0.1, 0.15) is 40.3 Å². The van der Waals surface area contributed by atoms with E-state index in [1.165, 1.54) is 20.0 Å². The number of nitrogens with zero attached hydrogens (tertiary/aromatic N) is 2. The number of rotatable bonds is 5. The third-order valence-corrected chi connectivity index (χ3v) is 3.96. The number of aromatic nitrogens is 1. The number of carbonyl (C=O) groups excluding carboxylic acids is 3. The molecule has 1 aromatic carbocycles. The summed E-state index contributed by atoms with van der Waals surface area (Å²) in [6.45, 7) is 11.6. The highest BCUT2D eigenvalue weighted by Crippen LogP contribution is 2.25. The molecule has 0 bridgehead atoms. The van der Waals surface area contributed by atoms with Crippen LogP contribution in [0.5, 0.6) is 0 Å². The van der Waals surface area contributed by atoms with Crippen molar-refractivity contribution in [2.24, 2.45) is 7.05 Å². The first-order chi connectivity index (χ1) is 13.1. The van der Waals surface area contributed by atoms with Gasteiger partial charge in [0.15, 0.2) is 0 Å². The van der Waals surface area contributed by atoms with E-state index < -0.39 is 34.9 Å². The van der Waals surface area contributed by atoms with E-state index in [1.54, 1.807) is 13.8 Å². The van der Waals surface area contributed by atoms with Gasteiger partial charge in [-0.3, -0.25) is 14.4 Å². The Morgan fingerprint density at radius 2 is 1.86 bits per heavy atom. The van der Waals surface area contributed by atoms with Crippen molar-refractivity contribution in [1.29, 1.82) is 0 Å². The van der Waals surface area contributed by atoms with Crippen LogP contribution in [0.15, 0.2) is 18.2 Å². The smallest absolute Gasteiger partial charge is 0.294 e. The predicted octanol–water partition coefficient (Wildman–Crippen LogP) is 3.12. The fourth-order valence-corrected chi connectivity index (χ4v) is 2.68. The zero-order valence-corrected chi connectivity index (χ0v) is 15.7. The molecule has 7 nitrogen and oxygen atoms in total. The number of benzene rings is 1. The van der Waals surface area contributed by atoms with E-state index in [2.05, 4.69) is 15.5 Å². The number of hydrogen-bond donors (Lipinski definition) is 2. The van der Waals surface area contributed by atoms with Gasteiger partial charge < -0.3 is 15.2 Å². The number of amides is 2. The van der Waals surface area contributed by atoms with Gasteiger partial charge in [-0.1, -0.05) is 0 Å². The Balaban J connectivity index is 2.39. The highest BCUT2D eigenvalue weighted by atomic mass is 19.1. The van der Waals surface area contributed by atoms with Gasteiger partial charge in [0.25, 0.3) is 17.6 Å². The number of ketones is 1. The molecule has 2 amide bonds. The summed E-state index contributed by atoms with van der Waals surface area (Å²) >= 11 is 0. The summed E-state index contributed by atoms with van der Waals surface area (Å²) in [5.41, 5.74) is -0.887. The van der Waals surface area contributed by atoms with Gasteiger partial charge in [-0.2, -0.15) is 4.39 Å². The van der Waals surface area contributed by atoms with Crippen LogP contribution in [0.2, 0.25) is 0 Å². The number of carbonyl (C=O) groups is 3. The Bertz CT molecular complexity index is 1020. The topological polar surface area (TPSA) is 84.6 Å². The Labute approximate surface area is 160 Å². The summed E-state index contributed by atoms with van der Waals surface area (Å²) in [5, 5.41) is 4.79. The molecule has 0 aliphatic rings. The molecule has 0 radical (unpaired) electrons. The Morgan fingerprint density at radius 3 is 2.43 bits per heavy atom. The average Bonchev–Trinajstić information content (AvgIpc) is 2.84. The summed E-state index contributed by atoms with van der Waals surface area (Å²) in [4.78, 5) is 39.9. The molecule has 0 saturated carbocycles. The Kier molecular flexibility index (Phi) is 5.93. The van der Waals surface area contributed by atoms with Crippen molar-refractivity contribution in [3.63, 3.8) is 0 Å². The summed E-state index contributed by atoms with van der Waals surface area (Å²) in [6, 6.07) is 3.04. The van der Waals surface area contributed by atoms with Crippen molar-refractivity contribution >= 4 is 29.0 Å². The van der Waals surface area contributed by atoms with E-state index in [0.29, 0.717) is 0 Å². The van der Waals surface area contributed by atoms with E-state index in [0.717, 1.165) is 16.7 Å². The number of halogens is 2. The van der Waals surface area contributed by atoms with Crippen molar-refractivity contribution in [2.75, 3.05) is 5.32 Å². The average molecular weight is 388 g/mol. The van der Waals surface area contributed by atoms with Crippen molar-refractivity contribution in [2.45, 2.75) is 26.8 Å². The van der Waals surface area contributed by atoms with Crippen LogP contribution >= 0.6 is 0 Å². The molecule has 0 saturated heterocycles. The summed E-state index contributed by atoms with van der Waals surface area (Å²) in [7, 11) is 1.23. The van der Waals surface area contributed by atoms with Crippen LogP contribution in [0.4, 0.5) is 20.2 Å². The Morgan fingerprint density at radius 1 is 1.21 bits per heavy atom. The maximum absolute atomic E-state index is 14.6. The van der Waals surface area contributed by atoms with Gasteiger partial charge in [0.1, 0.15) is 11.5 Å². The van der Waals surface area contributed by atoms with E-state index >= 15 is 0 Å². The second-order valence-electron chi connectivity index (χ2n) is 6.39.